The maximum Gasteiger partial charge on any atom is 0.262 e. The SMILES string of the molecule is O=C(Nc1cc(Cl)ccc1N1CCOCC1)[C@@H](Cc1ccccc1)N1C(=O)c2ccccc2C1=O. The molecule has 1 saturated heterocycles. The Kier molecular flexibility index (Phi) is 6.53. The molecular formula is C27H24ClN3O4. The summed E-state index contributed by atoms with van der Waals surface area (Å²) in [6.07, 6.45) is 0.186. The van der Waals surface area contributed by atoms with Gasteiger partial charge >= 0.3 is 0 Å². The molecule has 2 aliphatic heterocycles. The average molecular weight is 490 g/mol. The number of halogens is 1. The van der Waals surface area contributed by atoms with Gasteiger partial charge in [-0.25, -0.2) is 0 Å². The van der Waals surface area contributed by atoms with Crippen molar-refractivity contribution in [3.8, 4) is 0 Å². The first-order valence-electron chi connectivity index (χ1n) is 11.5. The van der Waals surface area contributed by atoms with Crippen LogP contribution in [0.5, 0.6) is 0 Å². The minimum absolute atomic E-state index is 0.186. The number of nitrogens with zero attached hydrogens (tertiary/aromatic N) is 2. The quantitative estimate of drug-likeness (QED) is 0.529. The number of nitrogens with one attached hydrogen (secondary N) is 1. The van der Waals surface area contributed by atoms with Gasteiger partial charge in [-0.1, -0.05) is 54.1 Å². The van der Waals surface area contributed by atoms with Crippen LogP contribution in [-0.4, -0.2) is 55.0 Å². The zero-order chi connectivity index (χ0) is 24.4. The molecule has 1 fully saturated rings. The Labute approximate surface area is 208 Å². The number of carbonyl (C=O) groups is 3. The molecule has 1 N–H and O–H groups in total. The minimum Gasteiger partial charge on any atom is -0.378 e. The second-order valence-corrected chi connectivity index (χ2v) is 8.92. The van der Waals surface area contributed by atoms with Crippen molar-refractivity contribution in [1.29, 1.82) is 0 Å². The average Bonchev–Trinajstić information content (AvgIpc) is 3.13. The van der Waals surface area contributed by atoms with Crippen molar-refractivity contribution in [3.05, 3.63) is 94.5 Å². The van der Waals surface area contributed by atoms with Crippen LogP contribution in [0, 0.1) is 0 Å². The molecule has 5 rings (SSSR count). The van der Waals surface area contributed by atoms with Crippen molar-refractivity contribution in [2.24, 2.45) is 0 Å². The highest BCUT2D eigenvalue weighted by molar-refractivity contribution is 6.31. The first-order chi connectivity index (χ1) is 17.0. The third kappa shape index (κ3) is 4.65. The molecule has 0 aliphatic carbocycles. The second kappa shape index (κ2) is 9.90. The summed E-state index contributed by atoms with van der Waals surface area (Å²) in [4.78, 5) is 43.4. The van der Waals surface area contributed by atoms with Crippen LogP contribution in [-0.2, 0) is 16.0 Å². The van der Waals surface area contributed by atoms with Crippen molar-refractivity contribution in [1.82, 2.24) is 4.90 Å². The Morgan fingerprint density at radius 1 is 0.914 bits per heavy atom. The van der Waals surface area contributed by atoms with E-state index in [2.05, 4.69) is 10.2 Å². The Balaban J connectivity index is 1.49. The second-order valence-electron chi connectivity index (χ2n) is 8.48. The highest BCUT2D eigenvalue weighted by Gasteiger charge is 2.42. The summed E-state index contributed by atoms with van der Waals surface area (Å²) >= 11 is 6.27. The monoisotopic (exact) mass is 489 g/mol. The molecule has 0 spiro atoms. The Morgan fingerprint density at radius 2 is 1.54 bits per heavy atom. The summed E-state index contributed by atoms with van der Waals surface area (Å²) in [5.74, 6) is -1.40. The Morgan fingerprint density at radius 3 is 2.20 bits per heavy atom. The number of anilines is 2. The summed E-state index contributed by atoms with van der Waals surface area (Å²) in [6.45, 7) is 2.52. The zero-order valence-corrected chi connectivity index (χ0v) is 19.7. The maximum absolute atomic E-state index is 13.7. The van der Waals surface area contributed by atoms with E-state index in [4.69, 9.17) is 16.3 Å². The van der Waals surface area contributed by atoms with E-state index in [-0.39, 0.29) is 6.42 Å². The van der Waals surface area contributed by atoms with Gasteiger partial charge in [-0.05, 0) is 35.9 Å². The summed E-state index contributed by atoms with van der Waals surface area (Å²) in [5.41, 5.74) is 2.79. The number of fused-ring (bicyclic) bond motifs is 1. The fourth-order valence-electron chi connectivity index (χ4n) is 4.53. The van der Waals surface area contributed by atoms with Crippen LogP contribution in [0.15, 0.2) is 72.8 Å². The van der Waals surface area contributed by atoms with E-state index in [1.165, 1.54) is 0 Å². The van der Waals surface area contributed by atoms with Crippen molar-refractivity contribution >= 4 is 40.7 Å². The highest BCUT2D eigenvalue weighted by atomic mass is 35.5. The summed E-state index contributed by atoms with van der Waals surface area (Å²) in [5, 5.41) is 3.43. The Hall–Kier alpha value is -3.68. The van der Waals surface area contributed by atoms with Gasteiger partial charge in [0, 0.05) is 24.5 Å². The predicted molar refractivity (Wildman–Crippen MR) is 134 cm³/mol. The molecule has 35 heavy (non-hydrogen) atoms. The molecule has 2 aliphatic rings. The lowest BCUT2D eigenvalue weighted by Crippen LogP contribution is -2.48. The molecule has 178 valence electrons. The van der Waals surface area contributed by atoms with Gasteiger partial charge in [0.2, 0.25) is 5.91 Å². The molecule has 0 bridgehead atoms. The number of amides is 3. The van der Waals surface area contributed by atoms with Crippen molar-refractivity contribution < 1.29 is 19.1 Å². The highest BCUT2D eigenvalue weighted by Crippen LogP contribution is 2.32. The van der Waals surface area contributed by atoms with Gasteiger partial charge in [0.1, 0.15) is 6.04 Å². The topological polar surface area (TPSA) is 79.0 Å². The van der Waals surface area contributed by atoms with Gasteiger partial charge in [-0.3, -0.25) is 19.3 Å². The van der Waals surface area contributed by atoms with Gasteiger partial charge in [-0.15, -0.1) is 0 Å². The van der Waals surface area contributed by atoms with Crippen molar-refractivity contribution in [2.75, 3.05) is 36.5 Å². The van der Waals surface area contributed by atoms with Crippen LogP contribution >= 0.6 is 11.6 Å². The first-order valence-corrected chi connectivity index (χ1v) is 11.8. The van der Waals surface area contributed by atoms with Crippen molar-refractivity contribution in [2.45, 2.75) is 12.5 Å². The molecule has 3 aromatic carbocycles. The minimum atomic E-state index is -1.04. The van der Waals surface area contributed by atoms with E-state index >= 15 is 0 Å². The maximum atomic E-state index is 13.7. The molecule has 3 amide bonds. The van der Waals surface area contributed by atoms with Crippen LogP contribution in [0.2, 0.25) is 5.02 Å². The van der Waals surface area contributed by atoms with E-state index < -0.39 is 23.8 Å². The molecule has 0 aromatic heterocycles. The van der Waals surface area contributed by atoms with E-state index in [1.807, 2.05) is 36.4 Å². The summed E-state index contributed by atoms with van der Waals surface area (Å²) in [7, 11) is 0. The van der Waals surface area contributed by atoms with E-state index in [1.54, 1.807) is 36.4 Å². The Bertz CT molecular complexity index is 1240. The van der Waals surface area contributed by atoms with Gasteiger partial charge in [0.15, 0.2) is 0 Å². The van der Waals surface area contributed by atoms with Crippen molar-refractivity contribution in [3.63, 3.8) is 0 Å². The van der Waals surface area contributed by atoms with Gasteiger partial charge in [0.05, 0.1) is 35.7 Å². The van der Waals surface area contributed by atoms with Crippen LogP contribution in [0.3, 0.4) is 0 Å². The lowest BCUT2D eigenvalue weighted by Gasteiger charge is -2.31. The number of imide groups is 1. The number of carbonyl (C=O) groups excluding carboxylic acids is 3. The molecule has 2 heterocycles. The van der Waals surface area contributed by atoms with Gasteiger partial charge < -0.3 is 15.0 Å². The molecule has 8 heteroatoms. The lowest BCUT2D eigenvalue weighted by molar-refractivity contribution is -0.119. The van der Waals surface area contributed by atoms with Crippen LogP contribution in [0.1, 0.15) is 26.3 Å². The van der Waals surface area contributed by atoms with Crippen LogP contribution < -0.4 is 10.2 Å². The third-order valence-corrected chi connectivity index (χ3v) is 6.52. The molecule has 0 saturated carbocycles. The number of hydrogen-bond donors (Lipinski definition) is 1. The molecule has 0 unspecified atom stereocenters. The molecule has 7 nitrogen and oxygen atoms in total. The zero-order valence-electron chi connectivity index (χ0n) is 18.9. The van der Waals surface area contributed by atoms with E-state index in [0.29, 0.717) is 48.1 Å². The predicted octanol–water partition coefficient (Wildman–Crippen LogP) is 4.02. The molecule has 1 atom stereocenters. The molecule has 0 radical (unpaired) electrons. The lowest BCUT2D eigenvalue weighted by atomic mass is 10.0. The number of benzene rings is 3. The number of ether oxygens (including phenoxy) is 1. The smallest absolute Gasteiger partial charge is 0.262 e. The number of morpholine rings is 1. The fraction of sp³-hybridized carbons (Fsp3) is 0.222. The first kappa shape index (κ1) is 23.1. The van der Waals surface area contributed by atoms with Crippen LogP contribution in [0.25, 0.3) is 0 Å². The number of rotatable bonds is 6. The largest absolute Gasteiger partial charge is 0.378 e. The molecule has 3 aromatic rings. The molecular weight excluding hydrogens is 466 g/mol. The van der Waals surface area contributed by atoms with Gasteiger partial charge in [-0.2, -0.15) is 0 Å². The van der Waals surface area contributed by atoms with E-state index in [9.17, 15) is 14.4 Å². The summed E-state index contributed by atoms with van der Waals surface area (Å²) in [6, 6.07) is 20.3. The summed E-state index contributed by atoms with van der Waals surface area (Å²) < 4.78 is 5.46. The fourth-order valence-corrected chi connectivity index (χ4v) is 4.71. The number of hydrogen-bond acceptors (Lipinski definition) is 5. The van der Waals surface area contributed by atoms with Gasteiger partial charge in [0.25, 0.3) is 11.8 Å². The van der Waals surface area contributed by atoms with Crippen LogP contribution in [0.4, 0.5) is 11.4 Å². The normalized spacial score (nSPS) is 16.3. The third-order valence-electron chi connectivity index (χ3n) is 6.28. The standard InChI is InChI=1S/C27H24ClN3O4/c28-19-10-11-23(30-12-14-35-15-13-30)22(17-19)29-25(32)24(16-18-6-2-1-3-7-18)31-26(33)20-8-4-5-9-21(20)27(31)34/h1-11,17,24H,12-16H2,(H,29,32)/t24-/m1/s1. The van der Waals surface area contributed by atoms with E-state index in [0.717, 1.165) is 16.2 Å².